The molecule has 23 heavy (non-hydrogen) atoms. The summed E-state index contributed by atoms with van der Waals surface area (Å²) in [5.41, 5.74) is 1.52. The summed E-state index contributed by atoms with van der Waals surface area (Å²) in [5, 5.41) is 12.3. The van der Waals surface area contributed by atoms with Gasteiger partial charge in [-0.25, -0.2) is 0 Å². The van der Waals surface area contributed by atoms with Crippen LogP contribution in [0.1, 0.15) is 30.1 Å². The predicted octanol–water partition coefficient (Wildman–Crippen LogP) is 1.86. The van der Waals surface area contributed by atoms with Gasteiger partial charge in [0.1, 0.15) is 11.9 Å². The average Bonchev–Trinajstić information content (AvgIpc) is 2.54. The molecule has 6 nitrogen and oxygen atoms in total. The Morgan fingerprint density at radius 3 is 2.78 bits per heavy atom. The molecule has 3 rings (SSSR count). The summed E-state index contributed by atoms with van der Waals surface area (Å²) in [7, 11) is 0. The molecule has 1 fully saturated rings. The highest BCUT2D eigenvalue weighted by Crippen LogP contribution is 2.30. The number of fused-ring (bicyclic) bond motifs is 1. The molecular weight excluding hydrogens is 296 g/mol. The van der Waals surface area contributed by atoms with E-state index in [2.05, 4.69) is 5.32 Å². The number of hydrogen-bond acceptors (Lipinski definition) is 5. The number of ether oxygens (including phenoxy) is 1. The maximum atomic E-state index is 12.5. The zero-order valence-electron chi connectivity index (χ0n) is 13.2. The number of carbonyl (C=O) groups is 2. The summed E-state index contributed by atoms with van der Waals surface area (Å²) >= 11 is 0. The molecule has 0 bridgehead atoms. The third-order valence-electron chi connectivity index (χ3n) is 4.51. The van der Waals surface area contributed by atoms with Crippen molar-refractivity contribution in [3.63, 3.8) is 0 Å². The quantitative estimate of drug-likeness (QED) is 0.825. The Hall–Kier alpha value is -2.08. The molecule has 0 spiro atoms. The summed E-state index contributed by atoms with van der Waals surface area (Å²) in [6.45, 7) is 4.38. The molecule has 1 aromatic rings. The van der Waals surface area contributed by atoms with E-state index in [0.717, 1.165) is 18.0 Å². The van der Waals surface area contributed by atoms with Gasteiger partial charge in [0.2, 0.25) is 0 Å². The monoisotopic (exact) mass is 318 g/mol. The van der Waals surface area contributed by atoms with Crippen molar-refractivity contribution in [3.8, 4) is 5.75 Å². The Morgan fingerprint density at radius 2 is 2.09 bits per heavy atom. The van der Waals surface area contributed by atoms with Crippen LogP contribution in [0.25, 0.3) is 0 Å². The molecule has 2 aliphatic rings. The zero-order chi connectivity index (χ0) is 16.4. The molecule has 1 aromatic carbocycles. The van der Waals surface area contributed by atoms with Gasteiger partial charge in [0.25, 0.3) is 0 Å². The highest BCUT2D eigenvalue weighted by Gasteiger charge is 2.26. The first-order valence-corrected chi connectivity index (χ1v) is 8.06. The van der Waals surface area contributed by atoms with Crippen molar-refractivity contribution >= 4 is 17.4 Å². The van der Waals surface area contributed by atoms with Crippen molar-refractivity contribution in [3.05, 3.63) is 23.8 Å². The highest BCUT2D eigenvalue weighted by molar-refractivity contribution is 5.98. The van der Waals surface area contributed by atoms with Crippen molar-refractivity contribution in [1.29, 1.82) is 0 Å². The number of nitrogens with one attached hydrogen (secondary N) is 1. The number of anilines is 1. The molecule has 124 valence electrons. The van der Waals surface area contributed by atoms with E-state index in [0.29, 0.717) is 38.0 Å². The fraction of sp³-hybridized carbons (Fsp3) is 0.529. The molecule has 0 amide bonds. The summed E-state index contributed by atoms with van der Waals surface area (Å²) in [6, 6.07) is 5.47. The molecule has 2 aliphatic heterocycles. The molecule has 2 heterocycles. The lowest BCUT2D eigenvalue weighted by molar-refractivity contribution is -0.143. The van der Waals surface area contributed by atoms with E-state index in [9.17, 15) is 9.59 Å². The molecule has 0 saturated carbocycles. The van der Waals surface area contributed by atoms with Crippen LogP contribution in [0.15, 0.2) is 18.2 Å². The maximum Gasteiger partial charge on any atom is 0.306 e. The Morgan fingerprint density at radius 1 is 1.35 bits per heavy atom. The van der Waals surface area contributed by atoms with Gasteiger partial charge in [-0.05, 0) is 51.1 Å². The van der Waals surface area contributed by atoms with Gasteiger partial charge in [-0.1, -0.05) is 0 Å². The largest absolute Gasteiger partial charge is 0.487 e. The Balaban J connectivity index is 1.60. The molecule has 0 aromatic heterocycles. The number of carboxylic acid groups (broad SMARTS) is 1. The van der Waals surface area contributed by atoms with E-state index in [1.165, 1.54) is 0 Å². The van der Waals surface area contributed by atoms with Gasteiger partial charge in [-0.15, -0.1) is 0 Å². The summed E-state index contributed by atoms with van der Waals surface area (Å²) in [6.07, 6.45) is 1.35. The molecule has 6 heteroatoms. The topological polar surface area (TPSA) is 78.9 Å². The Labute approximate surface area is 135 Å². The first-order valence-electron chi connectivity index (χ1n) is 8.06. The summed E-state index contributed by atoms with van der Waals surface area (Å²) in [4.78, 5) is 25.4. The molecule has 1 saturated heterocycles. The Bertz CT molecular complexity index is 609. The summed E-state index contributed by atoms with van der Waals surface area (Å²) in [5.74, 6) is -0.163. The van der Waals surface area contributed by atoms with Crippen LogP contribution in [-0.2, 0) is 4.79 Å². The van der Waals surface area contributed by atoms with Gasteiger partial charge < -0.3 is 15.2 Å². The number of likely N-dealkylation sites (tertiary alicyclic amines) is 1. The van der Waals surface area contributed by atoms with Crippen LogP contribution >= 0.6 is 0 Å². The second-order valence-corrected chi connectivity index (χ2v) is 6.33. The summed E-state index contributed by atoms with van der Waals surface area (Å²) < 4.78 is 5.71. The van der Waals surface area contributed by atoms with Crippen LogP contribution in [0.4, 0.5) is 5.69 Å². The number of nitrogens with zero attached hydrogens (tertiary/aromatic N) is 1. The number of piperidine rings is 1. The third kappa shape index (κ3) is 3.64. The lowest BCUT2D eigenvalue weighted by Crippen LogP contribution is -2.39. The minimum atomic E-state index is -0.731. The SMILES string of the molecule is CC1CNc2cc(C(=O)CN3CCC(C(=O)O)CC3)ccc2O1. The van der Waals surface area contributed by atoms with Crippen molar-refractivity contribution < 1.29 is 19.4 Å². The number of ketones is 1. The van der Waals surface area contributed by atoms with Gasteiger partial charge in [0.05, 0.1) is 24.7 Å². The van der Waals surface area contributed by atoms with Crippen LogP contribution in [0.3, 0.4) is 0 Å². The van der Waals surface area contributed by atoms with Gasteiger partial charge in [-0.2, -0.15) is 0 Å². The second-order valence-electron chi connectivity index (χ2n) is 6.33. The van der Waals surface area contributed by atoms with Crippen molar-refractivity contribution in [1.82, 2.24) is 4.90 Å². The average molecular weight is 318 g/mol. The minimum absolute atomic E-state index is 0.0574. The maximum absolute atomic E-state index is 12.5. The smallest absolute Gasteiger partial charge is 0.306 e. The molecular formula is C17H22N2O4. The standard InChI is InChI=1S/C17H22N2O4/c1-11-9-18-14-8-13(2-3-16(14)23-11)15(20)10-19-6-4-12(5-7-19)17(21)22/h2-3,8,11-12,18H,4-7,9-10H2,1H3,(H,21,22). The fourth-order valence-corrected chi connectivity index (χ4v) is 3.09. The normalized spacial score (nSPS) is 21.9. The van der Waals surface area contributed by atoms with E-state index < -0.39 is 5.97 Å². The van der Waals surface area contributed by atoms with Gasteiger partial charge in [-0.3, -0.25) is 14.5 Å². The number of carbonyl (C=O) groups excluding carboxylic acids is 1. The number of aliphatic carboxylic acids is 1. The number of carboxylic acids is 1. The van der Waals surface area contributed by atoms with Crippen LogP contribution in [0.5, 0.6) is 5.75 Å². The fourth-order valence-electron chi connectivity index (χ4n) is 3.09. The molecule has 2 N–H and O–H groups in total. The van der Waals surface area contributed by atoms with Crippen LogP contribution < -0.4 is 10.1 Å². The first-order chi connectivity index (χ1) is 11.0. The van der Waals surface area contributed by atoms with Gasteiger partial charge in [0, 0.05) is 5.56 Å². The number of Topliss-reactive ketones (excluding diaryl/α,β-unsaturated/α-hetero) is 1. The van der Waals surface area contributed by atoms with E-state index in [1.54, 1.807) is 6.07 Å². The molecule has 0 aliphatic carbocycles. The molecule has 1 unspecified atom stereocenters. The van der Waals surface area contributed by atoms with Crippen LogP contribution in [-0.4, -0.2) is 54.0 Å². The van der Waals surface area contributed by atoms with E-state index in [4.69, 9.17) is 9.84 Å². The number of benzene rings is 1. The second kappa shape index (κ2) is 6.58. The number of rotatable bonds is 4. The lowest BCUT2D eigenvalue weighted by atomic mass is 9.96. The van der Waals surface area contributed by atoms with Crippen LogP contribution in [0.2, 0.25) is 0 Å². The van der Waals surface area contributed by atoms with E-state index in [1.807, 2.05) is 24.0 Å². The molecule has 0 radical (unpaired) electrons. The Kier molecular flexibility index (Phi) is 4.52. The molecule has 1 atom stereocenters. The van der Waals surface area contributed by atoms with Crippen molar-refractivity contribution in [2.24, 2.45) is 5.92 Å². The van der Waals surface area contributed by atoms with E-state index in [-0.39, 0.29) is 17.8 Å². The third-order valence-corrected chi connectivity index (χ3v) is 4.51. The highest BCUT2D eigenvalue weighted by atomic mass is 16.5. The first kappa shape index (κ1) is 15.8. The van der Waals surface area contributed by atoms with Crippen molar-refractivity contribution in [2.45, 2.75) is 25.9 Å². The van der Waals surface area contributed by atoms with Crippen molar-refractivity contribution in [2.75, 3.05) is 31.5 Å². The van der Waals surface area contributed by atoms with Crippen LogP contribution in [0, 0.1) is 5.92 Å². The van der Waals surface area contributed by atoms with Gasteiger partial charge in [0.15, 0.2) is 5.78 Å². The lowest BCUT2D eigenvalue weighted by Gasteiger charge is -2.29. The number of hydrogen-bond donors (Lipinski definition) is 2. The minimum Gasteiger partial charge on any atom is -0.487 e. The zero-order valence-corrected chi connectivity index (χ0v) is 13.2. The van der Waals surface area contributed by atoms with E-state index >= 15 is 0 Å². The predicted molar refractivity (Wildman–Crippen MR) is 86.2 cm³/mol. The van der Waals surface area contributed by atoms with Gasteiger partial charge >= 0.3 is 5.97 Å².